The highest BCUT2D eigenvalue weighted by atomic mass is 35.5. The molecule has 1 aromatic carbocycles. The van der Waals surface area contributed by atoms with Crippen molar-refractivity contribution in [3.8, 4) is 0 Å². The third kappa shape index (κ3) is 2.72. The number of hydrogen-bond donors (Lipinski definition) is 1. The molecule has 0 aliphatic carbocycles. The first-order valence-corrected chi connectivity index (χ1v) is 7.07. The van der Waals surface area contributed by atoms with Crippen LogP contribution in [0.1, 0.15) is 5.56 Å². The highest BCUT2D eigenvalue weighted by molar-refractivity contribution is 7.89. The number of imidazole rings is 1. The summed E-state index contributed by atoms with van der Waals surface area (Å²) in [5, 5.41) is -0.0573. The first-order chi connectivity index (χ1) is 8.50. The van der Waals surface area contributed by atoms with Crippen LogP contribution in [0.15, 0.2) is 41.7 Å². The van der Waals surface area contributed by atoms with Crippen molar-refractivity contribution in [1.29, 1.82) is 0 Å². The molecule has 0 spiro atoms. The molecule has 2 aromatic rings. The smallest absolute Gasteiger partial charge is 0.261 e. The van der Waals surface area contributed by atoms with Crippen molar-refractivity contribution in [2.75, 3.05) is 0 Å². The van der Waals surface area contributed by atoms with Gasteiger partial charge in [-0.05, 0) is 5.56 Å². The molecule has 0 atom stereocenters. The number of nitrogens with one attached hydrogen (secondary N) is 1. The van der Waals surface area contributed by atoms with Crippen LogP contribution in [0, 0.1) is 0 Å². The van der Waals surface area contributed by atoms with Gasteiger partial charge in [0.05, 0.1) is 6.33 Å². The van der Waals surface area contributed by atoms with Crippen molar-refractivity contribution < 1.29 is 8.42 Å². The van der Waals surface area contributed by atoms with E-state index >= 15 is 0 Å². The maximum atomic E-state index is 12.0. The van der Waals surface area contributed by atoms with E-state index in [4.69, 9.17) is 11.6 Å². The lowest BCUT2D eigenvalue weighted by Crippen LogP contribution is -2.23. The molecular weight excluding hydrogens is 274 g/mol. The van der Waals surface area contributed by atoms with E-state index in [1.807, 2.05) is 30.3 Å². The van der Waals surface area contributed by atoms with Gasteiger partial charge < -0.3 is 4.57 Å². The molecule has 1 aromatic heterocycles. The monoisotopic (exact) mass is 285 g/mol. The molecule has 0 amide bonds. The van der Waals surface area contributed by atoms with Gasteiger partial charge in [0.25, 0.3) is 10.0 Å². The number of hydrogen-bond acceptors (Lipinski definition) is 3. The molecule has 1 heterocycles. The molecule has 7 heteroatoms. The van der Waals surface area contributed by atoms with E-state index in [9.17, 15) is 8.42 Å². The lowest BCUT2D eigenvalue weighted by Gasteiger charge is -2.05. The predicted octanol–water partition coefficient (Wildman–Crippen LogP) is 1.55. The van der Waals surface area contributed by atoms with Gasteiger partial charge >= 0.3 is 0 Å². The minimum absolute atomic E-state index is 0.0931. The van der Waals surface area contributed by atoms with Crippen LogP contribution < -0.4 is 4.72 Å². The van der Waals surface area contributed by atoms with Gasteiger partial charge in [0.15, 0.2) is 0 Å². The molecule has 1 N–H and O–H groups in total. The van der Waals surface area contributed by atoms with Crippen LogP contribution in [0.2, 0.25) is 5.15 Å². The van der Waals surface area contributed by atoms with E-state index in [0.29, 0.717) is 0 Å². The lowest BCUT2D eigenvalue weighted by atomic mass is 10.2. The zero-order valence-electron chi connectivity index (χ0n) is 9.67. The van der Waals surface area contributed by atoms with Gasteiger partial charge in [-0.2, -0.15) is 0 Å². The summed E-state index contributed by atoms with van der Waals surface area (Å²) < 4.78 is 27.8. The number of aryl methyl sites for hydroxylation is 1. The summed E-state index contributed by atoms with van der Waals surface area (Å²) in [5.74, 6) is 0. The van der Waals surface area contributed by atoms with Crippen LogP contribution in [0.5, 0.6) is 0 Å². The zero-order chi connectivity index (χ0) is 13.2. The predicted molar refractivity (Wildman–Crippen MR) is 68.7 cm³/mol. The first kappa shape index (κ1) is 13.1. The Morgan fingerprint density at radius 2 is 2.00 bits per heavy atom. The molecule has 96 valence electrons. The Hall–Kier alpha value is -1.37. The minimum atomic E-state index is -3.68. The Kier molecular flexibility index (Phi) is 3.70. The van der Waals surface area contributed by atoms with Gasteiger partial charge in [-0.1, -0.05) is 41.9 Å². The minimum Gasteiger partial charge on any atom is -0.324 e. The third-order valence-electron chi connectivity index (χ3n) is 2.40. The van der Waals surface area contributed by atoms with Crippen molar-refractivity contribution in [1.82, 2.24) is 14.3 Å². The largest absolute Gasteiger partial charge is 0.324 e. The van der Waals surface area contributed by atoms with E-state index in [-0.39, 0.29) is 16.7 Å². The molecular formula is C11H12ClN3O2S. The van der Waals surface area contributed by atoms with Crippen LogP contribution in [0.3, 0.4) is 0 Å². The topological polar surface area (TPSA) is 64.0 Å². The number of benzene rings is 1. The summed E-state index contributed by atoms with van der Waals surface area (Å²) in [6.07, 6.45) is 1.36. The highest BCUT2D eigenvalue weighted by Gasteiger charge is 2.21. The molecule has 0 bridgehead atoms. The summed E-state index contributed by atoms with van der Waals surface area (Å²) in [6, 6.07) is 9.23. The standard InChI is InChI=1S/C11H12ClN3O2S/c1-15-8-13-11(10(15)12)18(16,17)14-7-9-5-3-2-4-6-9/h2-6,8,14H,7H2,1H3. The Balaban J connectivity index is 2.16. The second-order valence-electron chi connectivity index (χ2n) is 3.76. The van der Waals surface area contributed by atoms with Crippen molar-refractivity contribution in [3.63, 3.8) is 0 Å². The summed E-state index contributed by atoms with van der Waals surface area (Å²) in [5.41, 5.74) is 0.869. The van der Waals surface area contributed by atoms with Crippen molar-refractivity contribution in [2.24, 2.45) is 7.05 Å². The van der Waals surface area contributed by atoms with E-state index in [2.05, 4.69) is 9.71 Å². The highest BCUT2D eigenvalue weighted by Crippen LogP contribution is 2.18. The molecule has 5 nitrogen and oxygen atoms in total. The average molecular weight is 286 g/mol. The number of nitrogens with zero attached hydrogens (tertiary/aromatic N) is 2. The molecule has 0 unspecified atom stereocenters. The Morgan fingerprint density at radius 1 is 1.33 bits per heavy atom. The molecule has 2 rings (SSSR count). The summed E-state index contributed by atoms with van der Waals surface area (Å²) in [6.45, 7) is 0.204. The quantitative estimate of drug-likeness (QED) is 0.927. The van der Waals surface area contributed by atoms with Crippen LogP contribution in [-0.4, -0.2) is 18.0 Å². The Labute approximate surface area is 110 Å². The van der Waals surface area contributed by atoms with Gasteiger partial charge in [0.2, 0.25) is 5.03 Å². The second kappa shape index (κ2) is 5.09. The van der Waals surface area contributed by atoms with Crippen LogP contribution in [0.4, 0.5) is 0 Å². The van der Waals surface area contributed by atoms with Gasteiger partial charge in [-0.3, -0.25) is 0 Å². The first-order valence-electron chi connectivity index (χ1n) is 5.21. The van der Waals surface area contributed by atoms with E-state index < -0.39 is 10.0 Å². The van der Waals surface area contributed by atoms with E-state index in [0.717, 1.165) is 5.56 Å². The summed E-state index contributed by atoms with van der Waals surface area (Å²) in [4.78, 5) is 3.78. The molecule has 0 fully saturated rings. The molecule has 0 aliphatic heterocycles. The van der Waals surface area contributed by atoms with Gasteiger partial charge in [0.1, 0.15) is 5.15 Å². The van der Waals surface area contributed by atoms with Crippen molar-refractivity contribution in [2.45, 2.75) is 11.6 Å². The average Bonchev–Trinajstić information content (AvgIpc) is 2.70. The van der Waals surface area contributed by atoms with Gasteiger partial charge in [0, 0.05) is 13.6 Å². The maximum absolute atomic E-state index is 12.0. The number of sulfonamides is 1. The fourth-order valence-electron chi connectivity index (χ4n) is 1.42. The summed E-state index contributed by atoms with van der Waals surface area (Å²) in [7, 11) is -2.05. The number of aromatic nitrogens is 2. The van der Waals surface area contributed by atoms with E-state index in [1.165, 1.54) is 10.9 Å². The van der Waals surface area contributed by atoms with Crippen LogP contribution in [0.25, 0.3) is 0 Å². The molecule has 0 aliphatic rings. The third-order valence-corrected chi connectivity index (χ3v) is 4.29. The number of halogens is 1. The van der Waals surface area contributed by atoms with Crippen molar-refractivity contribution in [3.05, 3.63) is 47.4 Å². The van der Waals surface area contributed by atoms with Crippen LogP contribution in [-0.2, 0) is 23.6 Å². The van der Waals surface area contributed by atoms with E-state index in [1.54, 1.807) is 7.05 Å². The number of rotatable bonds is 4. The van der Waals surface area contributed by atoms with Crippen molar-refractivity contribution >= 4 is 21.6 Å². The molecule has 0 radical (unpaired) electrons. The molecule has 18 heavy (non-hydrogen) atoms. The van der Waals surface area contributed by atoms with Gasteiger partial charge in [-0.15, -0.1) is 0 Å². The Morgan fingerprint density at radius 3 is 2.56 bits per heavy atom. The van der Waals surface area contributed by atoms with Gasteiger partial charge in [-0.25, -0.2) is 18.1 Å². The molecule has 0 saturated carbocycles. The SMILES string of the molecule is Cn1cnc(S(=O)(=O)NCc2ccccc2)c1Cl. The zero-order valence-corrected chi connectivity index (χ0v) is 11.2. The van der Waals surface area contributed by atoms with Crippen LogP contribution >= 0.6 is 11.6 Å². The summed E-state index contributed by atoms with van der Waals surface area (Å²) >= 11 is 5.86. The Bertz CT molecular complexity index is 638. The molecule has 0 saturated heterocycles. The normalized spacial score (nSPS) is 11.7. The maximum Gasteiger partial charge on any atom is 0.261 e. The fourth-order valence-corrected chi connectivity index (χ4v) is 2.86. The lowest BCUT2D eigenvalue weighted by molar-refractivity contribution is 0.578. The second-order valence-corrected chi connectivity index (χ2v) is 5.80. The fraction of sp³-hybridized carbons (Fsp3) is 0.182.